The molecule has 3 atom stereocenters. The Balaban J connectivity index is 2.00. The Morgan fingerprint density at radius 3 is 2.75 bits per heavy atom. The van der Waals surface area contributed by atoms with E-state index in [9.17, 15) is 0 Å². The Morgan fingerprint density at radius 1 is 1.35 bits per heavy atom. The topological polar surface area (TPSA) is 35.2 Å². The monoisotopic (exact) mass is 295 g/mol. The maximum absolute atomic E-state index is 6.21. The van der Waals surface area contributed by atoms with Crippen LogP contribution >= 0.6 is 11.6 Å². The highest BCUT2D eigenvalue weighted by Gasteiger charge is 2.31. The normalized spacial score (nSPS) is 26.9. The van der Waals surface area contributed by atoms with Gasteiger partial charge in [0.05, 0.1) is 12.7 Å². The first-order chi connectivity index (χ1) is 9.47. The number of halogens is 1. The first-order valence-electron chi connectivity index (χ1n) is 7.63. The molecule has 20 heavy (non-hydrogen) atoms. The fraction of sp³-hybridized carbons (Fsp3) is 0.647. The summed E-state index contributed by atoms with van der Waals surface area (Å²) in [5.74, 6) is 2.10. The molecule has 2 N–H and O–H groups in total. The van der Waals surface area contributed by atoms with Gasteiger partial charge in [0.2, 0.25) is 0 Å². The lowest BCUT2D eigenvalue weighted by molar-refractivity contribution is -0.0470. The van der Waals surface area contributed by atoms with E-state index < -0.39 is 0 Å². The Morgan fingerprint density at radius 2 is 2.10 bits per heavy atom. The van der Waals surface area contributed by atoms with Crippen LogP contribution in [-0.2, 0) is 11.3 Å². The van der Waals surface area contributed by atoms with E-state index in [0.29, 0.717) is 29.6 Å². The summed E-state index contributed by atoms with van der Waals surface area (Å²) < 4.78 is 6.21. The molecule has 1 aliphatic carbocycles. The Hall–Kier alpha value is -0.730. The number of anilines is 1. The van der Waals surface area contributed by atoms with Crippen molar-refractivity contribution < 1.29 is 4.74 Å². The maximum Gasteiger partial charge on any atom is 0.0740 e. The van der Waals surface area contributed by atoms with Crippen LogP contribution in [0.3, 0.4) is 0 Å². The Bertz CT molecular complexity index is 447. The molecule has 112 valence electrons. The SMILES string of the molecule is CC1CCC(C(C)C)C(OCc2ccc(Cl)cc2N)C1. The van der Waals surface area contributed by atoms with Crippen LogP contribution in [0.15, 0.2) is 18.2 Å². The van der Waals surface area contributed by atoms with Crippen LogP contribution < -0.4 is 5.73 Å². The Kier molecular flexibility index (Phi) is 5.34. The average molecular weight is 296 g/mol. The zero-order valence-corrected chi connectivity index (χ0v) is 13.5. The number of rotatable bonds is 4. The van der Waals surface area contributed by atoms with Gasteiger partial charge < -0.3 is 10.5 Å². The molecule has 0 spiro atoms. The van der Waals surface area contributed by atoms with E-state index in [2.05, 4.69) is 20.8 Å². The molecule has 1 aromatic carbocycles. The largest absolute Gasteiger partial charge is 0.398 e. The number of nitrogen functional groups attached to an aromatic ring is 1. The minimum absolute atomic E-state index is 0.355. The van der Waals surface area contributed by atoms with Gasteiger partial charge in [0.25, 0.3) is 0 Å². The summed E-state index contributed by atoms with van der Waals surface area (Å²) in [7, 11) is 0. The molecule has 0 heterocycles. The van der Waals surface area contributed by atoms with Gasteiger partial charge in [-0.15, -0.1) is 0 Å². The summed E-state index contributed by atoms with van der Waals surface area (Å²) in [6.45, 7) is 7.51. The summed E-state index contributed by atoms with van der Waals surface area (Å²) in [4.78, 5) is 0. The van der Waals surface area contributed by atoms with Crippen LogP contribution in [0.1, 0.15) is 45.6 Å². The van der Waals surface area contributed by atoms with Gasteiger partial charge in [-0.2, -0.15) is 0 Å². The number of hydrogen-bond donors (Lipinski definition) is 1. The highest BCUT2D eigenvalue weighted by molar-refractivity contribution is 6.30. The number of nitrogens with two attached hydrogens (primary N) is 1. The van der Waals surface area contributed by atoms with E-state index in [4.69, 9.17) is 22.1 Å². The predicted octanol–water partition coefficient (Wildman–Crippen LogP) is 4.90. The molecular weight excluding hydrogens is 270 g/mol. The van der Waals surface area contributed by atoms with Crippen molar-refractivity contribution in [2.24, 2.45) is 17.8 Å². The van der Waals surface area contributed by atoms with Gasteiger partial charge in [0.15, 0.2) is 0 Å². The highest BCUT2D eigenvalue weighted by atomic mass is 35.5. The standard InChI is InChI=1S/C17H26ClNO/c1-11(2)15-7-4-12(3)8-17(15)20-10-13-5-6-14(18)9-16(13)19/h5-6,9,11-12,15,17H,4,7-8,10,19H2,1-3H3. The molecule has 2 nitrogen and oxygen atoms in total. The smallest absolute Gasteiger partial charge is 0.0740 e. The molecular formula is C17H26ClNO. The second kappa shape index (κ2) is 6.82. The fourth-order valence-corrected chi connectivity index (χ4v) is 3.38. The minimum Gasteiger partial charge on any atom is -0.398 e. The Labute approximate surface area is 127 Å². The van der Waals surface area contributed by atoms with Gasteiger partial charge in [-0.1, -0.05) is 44.9 Å². The van der Waals surface area contributed by atoms with E-state index >= 15 is 0 Å². The maximum atomic E-state index is 6.21. The van der Waals surface area contributed by atoms with E-state index in [1.54, 1.807) is 6.07 Å². The van der Waals surface area contributed by atoms with Crippen molar-refractivity contribution in [2.75, 3.05) is 5.73 Å². The van der Waals surface area contributed by atoms with Gasteiger partial charge in [-0.25, -0.2) is 0 Å². The lowest BCUT2D eigenvalue weighted by Crippen LogP contribution is -2.34. The lowest BCUT2D eigenvalue weighted by Gasteiger charge is -2.37. The molecule has 3 unspecified atom stereocenters. The molecule has 1 aromatic rings. The van der Waals surface area contributed by atoms with Crippen molar-refractivity contribution in [1.29, 1.82) is 0 Å². The third kappa shape index (κ3) is 3.89. The molecule has 1 aliphatic rings. The lowest BCUT2D eigenvalue weighted by atomic mass is 9.75. The third-order valence-electron chi connectivity index (χ3n) is 4.52. The molecule has 0 radical (unpaired) electrons. The van der Waals surface area contributed by atoms with Crippen molar-refractivity contribution in [1.82, 2.24) is 0 Å². The highest BCUT2D eigenvalue weighted by Crippen LogP contribution is 2.36. The molecule has 1 fully saturated rings. The number of hydrogen-bond acceptors (Lipinski definition) is 2. The van der Waals surface area contributed by atoms with Crippen LogP contribution in [-0.4, -0.2) is 6.10 Å². The fourth-order valence-electron chi connectivity index (χ4n) is 3.20. The van der Waals surface area contributed by atoms with Crippen molar-refractivity contribution in [2.45, 2.75) is 52.7 Å². The van der Waals surface area contributed by atoms with Crippen LogP contribution in [0, 0.1) is 17.8 Å². The predicted molar refractivity (Wildman–Crippen MR) is 85.8 cm³/mol. The van der Waals surface area contributed by atoms with Crippen molar-refractivity contribution in [3.63, 3.8) is 0 Å². The molecule has 0 amide bonds. The third-order valence-corrected chi connectivity index (χ3v) is 4.76. The summed E-state index contributed by atoms with van der Waals surface area (Å²) in [6.07, 6.45) is 4.12. The number of ether oxygens (including phenoxy) is 1. The molecule has 0 saturated heterocycles. The zero-order chi connectivity index (χ0) is 14.7. The summed E-state index contributed by atoms with van der Waals surface area (Å²) >= 11 is 5.93. The van der Waals surface area contributed by atoms with Gasteiger partial charge >= 0.3 is 0 Å². The molecule has 0 aliphatic heterocycles. The van der Waals surface area contributed by atoms with Gasteiger partial charge in [-0.3, -0.25) is 0 Å². The quantitative estimate of drug-likeness (QED) is 0.802. The summed E-state index contributed by atoms with van der Waals surface area (Å²) in [5, 5.41) is 0.678. The molecule has 0 bridgehead atoms. The summed E-state index contributed by atoms with van der Waals surface area (Å²) in [6, 6.07) is 5.64. The second-order valence-electron chi connectivity index (χ2n) is 6.52. The van der Waals surface area contributed by atoms with E-state index in [-0.39, 0.29) is 0 Å². The van der Waals surface area contributed by atoms with Gasteiger partial charge in [0, 0.05) is 16.3 Å². The first-order valence-corrected chi connectivity index (χ1v) is 8.00. The zero-order valence-electron chi connectivity index (χ0n) is 12.7. The van der Waals surface area contributed by atoms with Gasteiger partial charge in [0.1, 0.15) is 0 Å². The molecule has 0 aromatic heterocycles. The van der Waals surface area contributed by atoms with Crippen molar-refractivity contribution in [3.8, 4) is 0 Å². The molecule has 1 saturated carbocycles. The molecule has 2 rings (SSSR count). The molecule has 3 heteroatoms. The van der Waals surface area contributed by atoms with Gasteiger partial charge in [-0.05, 0) is 42.7 Å². The van der Waals surface area contributed by atoms with Crippen molar-refractivity contribution in [3.05, 3.63) is 28.8 Å². The number of benzene rings is 1. The summed E-state index contributed by atoms with van der Waals surface area (Å²) in [5.41, 5.74) is 7.76. The van der Waals surface area contributed by atoms with Crippen LogP contribution in [0.5, 0.6) is 0 Å². The van der Waals surface area contributed by atoms with Crippen LogP contribution in [0.4, 0.5) is 5.69 Å². The minimum atomic E-state index is 0.355. The van der Waals surface area contributed by atoms with E-state index in [1.807, 2.05) is 12.1 Å². The average Bonchev–Trinajstić information content (AvgIpc) is 2.37. The first kappa shape index (κ1) is 15.7. The second-order valence-corrected chi connectivity index (χ2v) is 6.96. The van der Waals surface area contributed by atoms with Crippen LogP contribution in [0.2, 0.25) is 5.02 Å². The van der Waals surface area contributed by atoms with E-state index in [0.717, 1.165) is 23.6 Å². The van der Waals surface area contributed by atoms with Crippen LogP contribution in [0.25, 0.3) is 0 Å². The van der Waals surface area contributed by atoms with E-state index in [1.165, 1.54) is 12.8 Å². The van der Waals surface area contributed by atoms with Crippen molar-refractivity contribution >= 4 is 17.3 Å².